The van der Waals surface area contributed by atoms with Gasteiger partial charge in [-0.05, 0) is 18.6 Å². The molecule has 0 spiro atoms. The summed E-state index contributed by atoms with van der Waals surface area (Å²) in [6.45, 7) is 6.40. The number of aryl methyl sites for hydroxylation is 1. The zero-order chi connectivity index (χ0) is 23.1. The summed E-state index contributed by atoms with van der Waals surface area (Å²) in [5, 5.41) is 2.65. The quantitative estimate of drug-likeness (QED) is 0.491. The minimum absolute atomic E-state index is 0.286. The van der Waals surface area contributed by atoms with Crippen LogP contribution in [0.1, 0.15) is 33.3 Å². The number of hydrogen-bond donors (Lipinski definition) is 1. The lowest BCUT2D eigenvalue weighted by Crippen LogP contribution is -2.67. The molecule has 0 radical (unpaired) electrons. The van der Waals surface area contributed by atoms with Gasteiger partial charge in [0.25, 0.3) is 0 Å². The molecule has 31 heavy (non-hydrogen) atoms. The first kappa shape index (κ1) is 24.1. The van der Waals surface area contributed by atoms with Crippen LogP contribution >= 0.6 is 0 Å². The summed E-state index contributed by atoms with van der Waals surface area (Å²) in [7, 11) is 0. The van der Waals surface area contributed by atoms with Crippen molar-refractivity contribution in [2.75, 3.05) is 6.61 Å². The second kappa shape index (κ2) is 10.8. The van der Waals surface area contributed by atoms with Crippen molar-refractivity contribution >= 4 is 23.8 Å². The number of ether oxygens (including phenoxy) is 5. The lowest BCUT2D eigenvalue weighted by Gasteiger charge is -2.44. The molecule has 0 aliphatic carbocycles. The smallest absolute Gasteiger partial charge is 0.303 e. The highest BCUT2D eigenvalue weighted by Crippen LogP contribution is 2.30. The molecule has 1 aliphatic heterocycles. The Morgan fingerprint density at radius 1 is 0.935 bits per heavy atom. The van der Waals surface area contributed by atoms with Crippen molar-refractivity contribution in [2.45, 2.75) is 65.3 Å². The summed E-state index contributed by atoms with van der Waals surface area (Å²) in [4.78, 5) is 46.8. The Kier molecular flexibility index (Phi) is 8.38. The van der Waals surface area contributed by atoms with E-state index in [1.165, 1.54) is 27.7 Å². The number of esters is 3. The van der Waals surface area contributed by atoms with Crippen LogP contribution in [-0.4, -0.2) is 61.1 Å². The van der Waals surface area contributed by atoms with Gasteiger partial charge in [-0.15, -0.1) is 0 Å². The summed E-state index contributed by atoms with van der Waals surface area (Å²) >= 11 is 0. The molecule has 1 heterocycles. The van der Waals surface area contributed by atoms with E-state index >= 15 is 0 Å². The summed E-state index contributed by atoms with van der Waals surface area (Å²) in [5.41, 5.74) is 0.801. The van der Waals surface area contributed by atoms with Crippen LogP contribution in [0.3, 0.4) is 0 Å². The molecule has 1 aliphatic rings. The van der Waals surface area contributed by atoms with Gasteiger partial charge in [0.1, 0.15) is 24.5 Å². The van der Waals surface area contributed by atoms with Gasteiger partial charge in [-0.2, -0.15) is 0 Å². The number of rotatable bonds is 7. The van der Waals surface area contributed by atoms with Gasteiger partial charge in [0.15, 0.2) is 12.2 Å². The predicted octanol–water partition coefficient (Wildman–Crippen LogP) is 1.03. The topological polar surface area (TPSA) is 126 Å². The molecule has 1 aromatic carbocycles. The van der Waals surface area contributed by atoms with Crippen LogP contribution < -0.4 is 10.1 Å². The zero-order valence-corrected chi connectivity index (χ0v) is 18.1. The molecule has 170 valence electrons. The molecule has 1 N–H and O–H groups in total. The Morgan fingerprint density at radius 3 is 2.10 bits per heavy atom. The van der Waals surface area contributed by atoms with Crippen LogP contribution in [0.15, 0.2) is 24.3 Å². The van der Waals surface area contributed by atoms with Crippen molar-refractivity contribution in [3.63, 3.8) is 0 Å². The Bertz CT molecular complexity index is 825. The van der Waals surface area contributed by atoms with Gasteiger partial charge >= 0.3 is 17.9 Å². The second-order valence-corrected chi connectivity index (χ2v) is 7.10. The minimum atomic E-state index is -1.16. The number of carbonyl (C=O) groups excluding carboxylic acids is 4. The van der Waals surface area contributed by atoms with Crippen LogP contribution in [0.4, 0.5) is 0 Å². The lowest BCUT2D eigenvalue weighted by atomic mass is 9.96. The standard InChI is InChI=1S/C21H27NO9/c1-11-8-6-7-9-16(11)30-21-18(22-12(2)23)20(29-15(5)26)19(28-14(4)25)17(31-21)10-27-13(3)24/h6-9,17-21H,10H2,1-5H3,(H,22,23)/t17-,18+,19+,20-,21-/m1/s1. The summed E-state index contributed by atoms with van der Waals surface area (Å²) in [6, 6.07) is 6.12. The molecule has 1 saturated heterocycles. The lowest BCUT2D eigenvalue weighted by molar-refractivity contribution is -0.257. The monoisotopic (exact) mass is 437 g/mol. The van der Waals surface area contributed by atoms with Gasteiger partial charge in [-0.1, -0.05) is 18.2 Å². The summed E-state index contributed by atoms with van der Waals surface area (Å²) < 4.78 is 27.8. The molecule has 1 amide bonds. The van der Waals surface area contributed by atoms with E-state index in [4.69, 9.17) is 23.7 Å². The maximum absolute atomic E-state index is 11.9. The van der Waals surface area contributed by atoms with E-state index in [-0.39, 0.29) is 6.61 Å². The van der Waals surface area contributed by atoms with Gasteiger partial charge in [-0.25, -0.2) is 0 Å². The highest BCUT2D eigenvalue weighted by molar-refractivity contribution is 5.73. The van der Waals surface area contributed by atoms with Gasteiger partial charge in [-0.3, -0.25) is 19.2 Å². The molecular formula is C21H27NO9. The fraction of sp³-hybridized carbons (Fsp3) is 0.524. The predicted molar refractivity (Wildman–Crippen MR) is 106 cm³/mol. The molecule has 5 atom stereocenters. The molecule has 10 heteroatoms. The zero-order valence-electron chi connectivity index (χ0n) is 18.1. The number of hydrogen-bond acceptors (Lipinski definition) is 9. The van der Waals surface area contributed by atoms with Crippen LogP contribution in [0.25, 0.3) is 0 Å². The first-order chi connectivity index (χ1) is 14.6. The van der Waals surface area contributed by atoms with E-state index in [2.05, 4.69) is 5.32 Å². The van der Waals surface area contributed by atoms with E-state index < -0.39 is 54.5 Å². The van der Waals surface area contributed by atoms with Crippen molar-refractivity contribution in [3.8, 4) is 5.75 Å². The summed E-state index contributed by atoms with van der Waals surface area (Å²) in [6.07, 6.45) is -4.47. The third-order valence-electron chi connectivity index (χ3n) is 4.41. The highest BCUT2D eigenvalue weighted by Gasteiger charge is 2.52. The molecule has 1 aromatic rings. The molecule has 0 saturated carbocycles. The van der Waals surface area contributed by atoms with E-state index in [9.17, 15) is 19.2 Å². The van der Waals surface area contributed by atoms with Crippen LogP contribution in [-0.2, 0) is 38.1 Å². The van der Waals surface area contributed by atoms with Crippen molar-refractivity contribution in [1.82, 2.24) is 5.32 Å². The Balaban J connectivity index is 2.46. The van der Waals surface area contributed by atoms with E-state index in [0.717, 1.165) is 5.56 Å². The summed E-state index contributed by atoms with van der Waals surface area (Å²) in [5.74, 6) is -1.88. The maximum Gasteiger partial charge on any atom is 0.303 e. The van der Waals surface area contributed by atoms with Gasteiger partial charge in [0.05, 0.1) is 0 Å². The normalized spacial score (nSPS) is 25.1. The largest absolute Gasteiger partial charge is 0.463 e. The first-order valence-corrected chi connectivity index (χ1v) is 9.71. The number of carbonyl (C=O) groups is 4. The number of benzene rings is 1. The van der Waals surface area contributed by atoms with Crippen molar-refractivity contribution in [1.29, 1.82) is 0 Å². The van der Waals surface area contributed by atoms with E-state index in [0.29, 0.717) is 5.75 Å². The Hall–Kier alpha value is -3.14. The average molecular weight is 437 g/mol. The van der Waals surface area contributed by atoms with Crippen molar-refractivity contribution < 1.29 is 42.9 Å². The molecule has 0 bridgehead atoms. The molecule has 2 rings (SSSR count). The minimum Gasteiger partial charge on any atom is -0.463 e. The number of amides is 1. The third kappa shape index (κ3) is 6.95. The fourth-order valence-electron chi connectivity index (χ4n) is 3.21. The van der Waals surface area contributed by atoms with E-state index in [1.54, 1.807) is 12.1 Å². The number of nitrogens with one attached hydrogen (secondary N) is 1. The molecule has 10 nitrogen and oxygen atoms in total. The fourth-order valence-corrected chi connectivity index (χ4v) is 3.21. The first-order valence-electron chi connectivity index (χ1n) is 9.71. The SMILES string of the molecule is CC(=O)N[C@@H]1[C@H](Oc2ccccc2C)O[C@H](COC(C)=O)[C@H](OC(C)=O)[C@@H]1OC(C)=O. The highest BCUT2D eigenvalue weighted by atomic mass is 16.7. The van der Waals surface area contributed by atoms with Gasteiger partial charge in [0, 0.05) is 27.7 Å². The Morgan fingerprint density at radius 2 is 1.55 bits per heavy atom. The van der Waals surface area contributed by atoms with Crippen LogP contribution in [0.2, 0.25) is 0 Å². The van der Waals surface area contributed by atoms with Crippen molar-refractivity contribution in [3.05, 3.63) is 29.8 Å². The average Bonchev–Trinajstić information content (AvgIpc) is 2.65. The van der Waals surface area contributed by atoms with E-state index in [1.807, 2.05) is 19.1 Å². The third-order valence-corrected chi connectivity index (χ3v) is 4.41. The number of para-hydroxylation sites is 1. The van der Waals surface area contributed by atoms with Crippen LogP contribution in [0, 0.1) is 6.92 Å². The Labute approximate surface area is 180 Å². The van der Waals surface area contributed by atoms with Crippen LogP contribution in [0.5, 0.6) is 5.75 Å². The molecule has 0 unspecified atom stereocenters. The molecule has 1 fully saturated rings. The molecular weight excluding hydrogens is 410 g/mol. The molecule has 0 aromatic heterocycles. The maximum atomic E-state index is 11.9. The van der Waals surface area contributed by atoms with Gasteiger partial charge < -0.3 is 29.0 Å². The van der Waals surface area contributed by atoms with Gasteiger partial charge in [0.2, 0.25) is 12.2 Å². The van der Waals surface area contributed by atoms with Crippen molar-refractivity contribution in [2.24, 2.45) is 0 Å². The second-order valence-electron chi connectivity index (χ2n) is 7.10.